The van der Waals surface area contributed by atoms with Gasteiger partial charge in [0.25, 0.3) is 0 Å². The summed E-state index contributed by atoms with van der Waals surface area (Å²) in [5.74, 6) is -0.445. The Morgan fingerprint density at radius 1 is 1.62 bits per heavy atom. The predicted octanol–water partition coefficient (Wildman–Crippen LogP) is 1.25. The maximum Gasteiger partial charge on any atom is 0.340 e. The Morgan fingerprint density at radius 3 is 2.50 bits per heavy atom. The first kappa shape index (κ1) is 12.9. The van der Waals surface area contributed by atoms with Gasteiger partial charge in [0.15, 0.2) is 5.60 Å². The molecular formula is C11H18N2O3. The lowest BCUT2D eigenvalue weighted by molar-refractivity contribution is -0.240. The quantitative estimate of drug-likeness (QED) is 0.629. The van der Waals surface area contributed by atoms with Crippen molar-refractivity contribution in [3.8, 4) is 6.07 Å². The van der Waals surface area contributed by atoms with E-state index in [1.807, 2.05) is 20.8 Å². The van der Waals surface area contributed by atoms with Crippen molar-refractivity contribution in [1.82, 2.24) is 5.06 Å². The van der Waals surface area contributed by atoms with Gasteiger partial charge in [-0.05, 0) is 27.7 Å². The van der Waals surface area contributed by atoms with Crippen molar-refractivity contribution in [3.63, 3.8) is 0 Å². The van der Waals surface area contributed by atoms with Crippen molar-refractivity contribution in [1.29, 1.82) is 5.26 Å². The molecule has 1 rings (SSSR count). The van der Waals surface area contributed by atoms with Gasteiger partial charge in [0.2, 0.25) is 0 Å². The number of nitrogens with zero attached hydrogens (tertiary/aromatic N) is 2. The minimum atomic E-state index is -1.05. The van der Waals surface area contributed by atoms with E-state index in [1.165, 1.54) is 7.11 Å². The van der Waals surface area contributed by atoms with Gasteiger partial charge in [-0.3, -0.25) is 4.84 Å². The van der Waals surface area contributed by atoms with Gasteiger partial charge in [0.05, 0.1) is 13.2 Å². The van der Waals surface area contributed by atoms with Crippen molar-refractivity contribution < 1.29 is 14.4 Å². The highest BCUT2D eigenvalue weighted by molar-refractivity contribution is 5.79. The largest absolute Gasteiger partial charge is 0.467 e. The highest BCUT2D eigenvalue weighted by Gasteiger charge is 2.51. The lowest BCUT2D eigenvalue weighted by atomic mass is 9.98. The van der Waals surface area contributed by atoms with Crippen LogP contribution in [0.1, 0.15) is 34.1 Å². The number of rotatable bonds is 1. The molecule has 16 heavy (non-hydrogen) atoms. The van der Waals surface area contributed by atoms with E-state index in [-0.39, 0.29) is 5.54 Å². The van der Waals surface area contributed by atoms with Gasteiger partial charge in [-0.15, -0.1) is 0 Å². The SMILES string of the molecule is COC(=O)C1(C)CC(C#N)N(C(C)(C)C)O1. The van der Waals surface area contributed by atoms with Crippen LogP contribution < -0.4 is 0 Å². The maximum absolute atomic E-state index is 11.6. The third-order valence-electron chi connectivity index (χ3n) is 2.59. The van der Waals surface area contributed by atoms with Gasteiger partial charge in [-0.2, -0.15) is 10.3 Å². The Balaban J connectivity index is 2.95. The Labute approximate surface area is 95.9 Å². The summed E-state index contributed by atoms with van der Waals surface area (Å²) in [5.41, 5.74) is -1.38. The Morgan fingerprint density at radius 2 is 2.19 bits per heavy atom. The first-order valence-corrected chi connectivity index (χ1v) is 5.21. The van der Waals surface area contributed by atoms with Crippen LogP contribution in [0.25, 0.3) is 0 Å². The lowest BCUT2D eigenvalue weighted by Gasteiger charge is -2.33. The number of nitriles is 1. The number of methoxy groups -OCH3 is 1. The molecule has 0 amide bonds. The van der Waals surface area contributed by atoms with Gasteiger partial charge in [0.1, 0.15) is 6.04 Å². The molecule has 1 fully saturated rings. The Bertz CT molecular complexity index is 329. The summed E-state index contributed by atoms with van der Waals surface area (Å²) in [5, 5.41) is 10.6. The molecule has 0 radical (unpaired) electrons. The number of ether oxygens (including phenoxy) is 1. The molecule has 1 aliphatic heterocycles. The van der Waals surface area contributed by atoms with E-state index in [0.29, 0.717) is 6.42 Å². The molecule has 90 valence electrons. The molecule has 2 unspecified atom stereocenters. The molecule has 0 aromatic heterocycles. The van der Waals surface area contributed by atoms with Gasteiger partial charge in [-0.1, -0.05) is 0 Å². The molecule has 1 saturated heterocycles. The van der Waals surface area contributed by atoms with E-state index in [4.69, 9.17) is 14.8 Å². The molecule has 0 aromatic rings. The number of hydrogen-bond donors (Lipinski definition) is 0. The molecule has 0 N–H and O–H groups in total. The van der Waals surface area contributed by atoms with E-state index >= 15 is 0 Å². The maximum atomic E-state index is 11.6. The van der Waals surface area contributed by atoms with Crippen molar-refractivity contribution >= 4 is 5.97 Å². The molecule has 0 aromatic carbocycles. The van der Waals surface area contributed by atoms with Crippen molar-refractivity contribution in [2.45, 2.75) is 51.3 Å². The molecule has 0 spiro atoms. The number of esters is 1. The monoisotopic (exact) mass is 226 g/mol. The van der Waals surface area contributed by atoms with Crippen molar-refractivity contribution in [3.05, 3.63) is 0 Å². The summed E-state index contributed by atoms with van der Waals surface area (Å²) < 4.78 is 4.69. The third-order valence-corrected chi connectivity index (χ3v) is 2.59. The second-order valence-electron chi connectivity index (χ2n) is 5.16. The van der Waals surface area contributed by atoms with Crippen LogP contribution in [0.15, 0.2) is 0 Å². The topological polar surface area (TPSA) is 62.6 Å². The lowest BCUT2D eigenvalue weighted by Crippen LogP contribution is -2.45. The molecule has 1 aliphatic rings. The standard InChI is InChI=1S/C11H18N2O3/c1-10(2,3)13-8(7-12)6-11(4,16-13)9(14)15-5/h8H,6H2,1-5H3. The number of carbonyl (C=O) groups excluding carboxylic acids is 1. The normalized spacial score (nSPS) is 31.1. The zero-order chi connectivity index (χ0) is 12.6. The van der Waals surface area contributed by atoms with Crippen LogP contribution in [0.2, 0.25) is 0 Å². The van der Waals surface area contributed by atoms with E-state index in [0.717, 1.165) is 0 Å². The summed E-state index contributed by atoms with van der Waals surface area (Å²) in [6.07, 6.45) is 0.327. The average Bonchev–Trinajstić information content (AvgIpc) is 2.55. The Kier molecular flexibility index (Phi) is 3.27. The van der Waals surface area contributed by atoms with E-state index < -0.39 is 17.6 Å². The van der Waals surface area contributed by atoms with Crippen LogP contribution in [-0.4, -0.2) is 35.3 Å². The summed E-state index contributed by atoms with van der Waals surface area (Å²) in [4.78, 5) is 17.2. The summed E-state index contributed by atoms with van der Waals surface area (Å²) in [7, 11) is 1.32. The van der Waals surface area contributed by atoms with E-state index in [9.17, 15) is 4.79 Å². The zero-order valence-corrected chi connectivity index (χ0v) is 10.4. The molecule has 2 atom stereocenters. The fourth-order valence-electron chi connectivity index (χ4n) is 1.81. The summed E-state index contributed by atoms with van der Waals surface area (Å²) in [6, 6.07) is 1.72. The van der Waals surface area contributed by atoms with E-state index in [1.54, 1.807) is 12.0 Å². The zero-order valence-electron chi connectivity index (χ0n) is 10.4. The fraction of sp³-hybridized carbons (Fsp3) is 0.818. The highest BCUT2D eigenvalue weighted by Crippen LogP contribution is 2.36. The van der Waals surface area contributed by atoms with Crippen LogP contribution in [-0.2, 0) is 14.4 Å². The van der Waals surface area contributed by atoms with Gasteiger partial charge >= 0.3 is 5.97 Å². The second kappa shape index (κ2) is 4.04. The molecule has 0 saturated carbocycles. The van der Waals surface area contributed by atoms with E-state index in [2.05, 4.69) is 6.07 Å². The third kappa shape index (κ3) is 2.18. The van der Waals surface area contributed by atoms with Crippen molar-refractivity contribution in [2.75, 3.05) is 7.11 Å². The molecule has 0 bridgehead atoms. The van der Waals surface area contributed by atoms with Crippen LogP contribution in [0.4, 0.5) is 0 Å². The minimum Gasteiger partial charge on any atom is -0.467 e. The summed E-state index contributed by atoms with van der Waals surface area (Å²) >= 11 is 0. The fourth-order valence-corrected chi connectivity index (χ4v) is 1.81. The summed E-state index contributed by atoms with van der Waals surface area (Å²) in [6.45, 7) is 7.44. The second-order valence-corrected chi connectivity index (χ2v) is 5.16. The van der Waals surface area contributed by atoms with Crippen LogP contribution in [0.5, 0.6) is 0 Å². The van der Waals surface area contributed by atoms with Crippen molar-refractivity contribution in [2.24, 2.45) is 0 Å². The minimum absolute atomic E-state index is 0.327. The average molecular weight is 226 g/mol. The first-order chi connectivity index (χ1) is 7.24. The van der Waals surface area contributed by atoms with Gasteiger partial charge in [0, 0.05) is 12.0 Å². The molecule has 0 aliphatic carbocycles. The first-order valence-electron chi connectivity index (χ1n) is 5.21. The number of carbonyl (C=O) groups is 1. The van der Waals surface area contributed by atoms with Crippen LogP contribution in [0, 0.1) is 11.3 Å². The van der Waals surface area contributed by atoms with Crippen LogP contribution in [0.3, 0.4) is 0 Å². The predicted molar refractivity (Wildman–Crippen MR) is 57.1 cm³/mol. The molecular weight excluding hydrogens is 208 g/mol. The van der Waals surface area contributed by atoms with Gasteiger partial charge in [-0.25, -0.2) is 4.79 Å². The smallest absolute Gasteiger partial charge is 0.340 e. The highest BCUT2D eigenvalue weighted by atomic mass is 16.7. The van der Waals surface area contributed by atoms with Crippen LogP contribution >= 0.6 is 0 Å². The van der Waals surface area contributed by atoms with Gasteiger partial charge < -0.3 is 4.74 Å². The molecule has 1 heterocycles. The number of hydrogen-bond acceptors (Lipinski definition) is 5. The Hall–Kier alpha value is -1.12. The number of hydroxylamine groups is 2. The molecule has 5 heteroatoms. The molecule has 5 nitrogen and oxygen atoms in total.